The molecule has 1 aliphatic carbocycles. The number of carbonyl (C=O) groups excluding carboxylic acids is 2. The molecule has 1 unspecified atom stereocenters. The lowest BCUT2D eigenvalue weighted by molar-refractivity contribution is -0.0379. The molecule has 0 bridgehead atoms. The summed E-state index contributed by atoms with van der Waals surface area (Å²) in [6, 6.07) is 0.915. The molecule has 8 heteroatoms. The number of carbonyl (C=O) groups is 2. The van der Waals surface area contributed by atoms with Crippen LogP contribution >= 0.6 is 0 Å². The Hall–Kier alpha value is -1.28. The molecule has 2 rings (SSSR count). The van der Waals surface area contributed by atoms with Crippen molar-refractivity contribution in [1.82, 2.24) is 10.2 Å². The Morgan fingerprint density at radius 2 is 1.90 bits per heavy atom. The van der Waals surface area contributed by atoms with Crippen molar-refractivity contribution in [3.8, 4) is 0 Å². The number of ether oxygens (including phenoxy) is 3. The van der Waals surface area contributed by atoms with Gasteiger partial charge in [-0.3, -0.25) is 4.90 Å². The number of nitrogens with zero attached hydrogens (tertiary/aromatic N) is 1. The monoisotopic (exact) mass is 442 g/mol. The van der Waals surface area contributed by atoms with Crippen LogP contribution in [0.25, 0.3) is 0 Å². The molecule has 2 amide bonds. The maximum Gasteiger partial charge on any atom is 0.411 e. The molecule has 1 saturated heterocycles. The zero-order chi connectivity index (χ0) is 22.6. The van der Waals surface area contributed by atoms with Gasteiger partial charge in [0.25, 0.3) is 0 Å². The van der Waals surface area contributed by atoms with E-state index >= 15 is 0 Å². The van der Waals surface area contributed by atoms with Crippen LogP contribution in [0.15, 0.2) is 0 Å². The quantitative estimate of drug-likeness (QED) is 0.423. The highest BCUT2D eigenvalue weighted by Gasteiger charge is 2.46. The molecule has 1 heterocycles. The van der Waals surface area contributed by atoms with Gasteiger partial charge in [-0.15, -0.1) is 0 Å². The molecule has 30 heavy (non-hydrogen) atoms. The van der Waals surface area contributed by atoms with E-state index in [1.807, 2.05) is 20.8 Å². The van der Waals surface area contributed by atoms with Gasteiger partial charge in [0.2, 0.25) is 0 Å². The smallest absolute Gasteiger partial charge is 0.411 e. The Balaban J connectivity index is 1.89. The first-order chi connectivity index (χ1) is 13.8. The summed E-state index contributed by atoms with van der Waals surface area (Å²) in [5.41, 5.74) is -0.414. The fourth-order valence-corrected chi connectivity index (χ4v) is 4.27. The minimum absolute atomic E-state index is 0.182. The first-order valence-electron chi connectivity index (χ1n) is 11.3. The summed E-state index contributed by atoms with van der Waals surface area (Å²) >= 11 is 0. The molecule has 1 saturated carbocycles. The molecule has 0 aromatic carbocycles. The van der Waals surface area contributed by atoms with Gasteiger partial charge >= 0.3 is 12.2 Å². The van der Waals surface area contributed by atoms with Gasteiger partial charge in [0.15, 0.2) is 0 Å². The summed E-state index contributed by atoms with van der Waals surface area (Å²) in [7, 11) is 0.393. The van der Waals surface area contributed by atoms with Crippen LogP contribution in [0.3, 0.4) is 0 Å². The van der Waals surface area contributed by atoms with Crippen LogP contribution < -0.4 is 5.32 Å². The van der Waals surface area contributed by atoms with Crippen LogP contribution in [0.1, 0.15) is 59.3 Å². The molecule has 1 spiro atoms. The average Bonchev–Trinajstić information content (AvgIpc) is 3.35. The van der Waals surface area contributed by atoms with Crippen molar-refractivity contribution < 1.29 is 23.8 Å². The molecule has 174 valence electrons. The molecular formula is C22H42N2O5Si. The largest absolute Gasteiger partial charge is 0.450 e. The Morgan fingerprint density at radius 3 is 2.40 bits per heavy atom. The minimum atomic E-state index is -1.28. The van der Waals surface area contributed by atoms with Gasteiger partial charge in [0.05, 0.1) is 18.8 Å². The predicted molar refractivity (Wildman–Crippen MR) is 120 cm³/mol. The molecule has 2 atom stereocenters. The highest BCUT2D eigenvalue weighted by atomic mass is 28.3. The van der Waals surface area contributed by atoms with E-state index in [4.69, 9.17) is 14.2 Å². The molecule has 0 aromatic heterocycles. The average molecular weight is 443 g/mol. The minimum Gasteiger partial charge on any atom is -0.450 e. The highest BCUT2D eigenvalue weighted by Crippen LogP contribution is 2.47. The Kier molecular flexibility index (Phi) is 8.24. The fraction of sp³-hybridized carbons (Fsp3) is 0.909. The van der Waals surface area contributed by atoms with E-state index in [-0.39, 0.29) is 5.60 Å². The van der Waals surface area contributed by atoms with E-state index in [0.717, 1.165) is 31.9 Å². The second-order valence-electron chi connectivity index (χ2n) is 11.2. The van der Waals surface area contributed by atoms with Crippen LogP contribution in [0, 0.1) is 5.92 Å². The lowest BCUT2D eigenvalue weighted by Crippen LogP contribution is -2.50. The molecule has 1 aliphatic heterocycles. The summed E-state index contributed by atoms with van der Waals surface area (Å²) in [5.74, 6) is 0.454. The summed E-state index contributed by atoms with van der Waals surface area (Å²) in [6.07, 6.45) is 4.75. The zero-order valence-corrected chi connectivity index (χ0v) is 21.0. The van der Waals surface area contributed by atoms with Gasteiger partial charge < -0.3 is 19.5 Å². The summed E-state index contributed by atoms with van der Waals surface area (Å²) in [5, 5.41) is 2.86. The van der Waals surface area contributed by atoms with Gasteiger partial charge in [-0.2, -0.15) is 0 Å². The van der Waals surface area contributed by atoms with Crippen molar-refractivity contribution in [2.75, 3.05) is 20.3 Å². The van der Waals surface area contributed by atoms with Crippen molar-refractivity contribution in [1.29, 1.82) is 0 Å². The summed E-state index contributed by atoms with van der Waals surface area (Å²) < 4.78 is 16.9. The number of hydrogen-bond donors (Lipinski definition) is 1. The van der Waals surface area contributed by atoms with Crippen molar-refractivity contribution in [2.45, 2.75) is 102 Å². The van der Waals surface area contributed by atoms with Gasteiger partial charge in [-0.1, -0.05) is 19.6 Å². The number of rotatable bonds is 8. The van der Waals surface area contributed by atoms with Crippen LogP contribution in [0.5, 0.6) is 0 Å². The SMILES string of the molecule is CN(C(=O)OCC[Si](C)(C)C)C(CC[C@@H]1CCC2(CC2)OC1)NC(=O)OC(C)(C)C. The molecule has 1 N–H and O–H groups in total. The topological polar surface area (TPSA) is 77.1 Å². The van der Waals surface area contributed by atoms with Gasteiger partial charge in [0.1, 0.15) is 11.8 Å². The normalized spacial score (nSPS) is 21.6. The van der Waals surface area contributed by atoms with Crippen LogP contribution in [0.4, 0.5) is 9.59 Å². The maximum absolute atomic E-state index is 12.6. The second-order valence-corrected chi connectivity index (χ2v) is 16.8. The van der Waals surface area contributed by atoms with E-state index in [9.17, 15) is 9.59 Å². The molecule has 2 aliphatic rings. The fourth-order valence-electron chi connectivity index (χ4n) is 3.55. The summed E-state index contributed by atoms with van der Waals surface area (Å²) in [6.45, 7) is 13.4. The van der Waals surface area contributed by atoms with Gasteiger partial charge in [-0.05, 0) is 71.3 Å². The molecule has 0 radical (unpaired) electrons. The van der Waals surface area contributed by atoms with Crippen molar-refractivity contribution in [3.63, 3.8) is 0 Å². The number of hydrogen-bond acceptors (Lipinski definition) is 5. The van der Waals surface area contributed by atoms with Crippen LogP contribution in [0.2, 0.25) is 25.7 Å². The first kappa shape index (κ1) is 25.0. The Labute approximate surface area is 183 Å². The van der Waals surface area contributed by atoms with Gasteiger partial charge in [-0.25, -0.2) is 9.59 Å². The van der Waals surface area contributed by atoms with Crippen LogP contribution in [-0.4, -0.2) is 62.8 Å². The Morgan fingerprint density at radius 1 is 1.23 bits per heavy atom. The first-order valence-corrected chi connectivity index (χ1v) is 15.0. The third-order valence-electron chi connectivity index (χ3n) is 5.81. The number of amides is 2. The molecule has 0 aromatic rings. The van der Waals surface area contributed by atoms with E-state index < -0.39 is 32.0 Å². The molecule has 7 nitrogen and oxygen atoms in total. The van der Waals surface area contributed by atoms with E-state index in [1.54, 1.807) is 7.05 Å². The molecular weight excluding hydrogens is 400 g/mol. The van der Waals surface area contributed by atoms with Crippen molar-refractivity contribution in [3.05, 3.63) is 0 Å². The van der Waals surface area contributed by atoms with Crippen molar-refractivity contribution >= 4 is 20.3 Å². The second kappa shape index (κ2) is 9.89. The Bertz CT molecular complexity index is 585. The third kappa shape index (κ3) is 8.84. The lowest BCUT2D eigenvalue weighted by atomic mass is 9.92. The third-order valence-corrected chi connectivity index (χ3v) is 7.51. The van der Waals surface area contributed by atoms with E-state index in [0.29, 0.717) is 18.9 Å². The van der Waals surface area contributed by atoms with E-state index in [1.165, 1.54) is 17.7 Å². The van der Waals surface area contributed by atoms with Gasteiger partial charge in [0, 0.05) is 15.1 Å². The van der Waals surface area contributed by atoms with Crippen molar-refractivity contribution in [2.24, 2.45) is 5.92 Å². The lowest BCUT2D eigenvalue weighted by Gasteiger charge is -2.33. The molecule has 2 fully saturated rings. The predicted octanol–water partition coefficient (Wildman–Crippen LogP) is 4.98. The van der Waals surface area contributed by atoms with Crippen LogP contribution in [-0.2, 0) is 14.2 Å². The highest BCUT2D eigenvalue weighted by molar-refractivity contribution is 6.76. The summed E-state index contributed by atoms with van der Waals surface area (Å²) in [4.78, 5) is 26.4. The standard InChI is InChI=1S/C22H42N2O5Si/c1-21(2,3)29-19(25)23-18(24(4)20(26)27-14-15-30(5,6)7)9-8-17-10-11-22(12-13-22)28-16-17/h17-18H,8-16H2,1-7H3,(H,23,25)/t17-,18?/m1/s1. The number of alkyl carbamates (subject to hydrolysis) is 1. The zero-order valence-electron chi connectivity index (χ0n) is 20.0. The number of nitrogens with one attached hydrogen (secondary N) is 1. The van der Waals surface area contributed by atoms with E-state index in [2.05, 4.69) is 25.0 Å². The maximum atomic E-state index is 12.6.